The fraction of sp³-hybridized carbons (Fsp3) is 0.333. The molecular weight excluding hydrogens is 204 g/mol. The average molecular weight is 217 g/mol. The number of halogens is 1. The van der Waals surface area contributed by atoms with Crippen LogP contribution in [0.3, 0.4) is 0 Å². The molecule has 0 saturated heterocycles. The van der Waals surface area contributed by atoms with E-state index in [2.05, 4.69) is 0 Å². The number of rotatable bonds is 3. The average Bonchev–Trinajstić information content (AvgIpc) is 2.17. The molecule has 0 saturated carbocycles. The molecule has 0 spiro atoms. The van der Waals surface area contributed by atoms with Gasteiger partial charge in [0.1, 0.15) is 0 Å². The summed E-state index contributed by atoms with van der Waals surface area (Å²) >= 11 is 0. The van der Waals surface area contributed by atoms with Gasteiger partial charge in [-0.25, -0.2) is 0 Å². The second-order valence-corrected chi connectivity index (χ2v) is 2.79. The van der Waals surface area contributed by atoms with E-state index in [0.29, 0.717) is 0 Å². The van der Waals surface area contributed by atoms with Crippen molar-refractivity contribution in [2.45, 2.75) is 6.92 Å². The molecule has 0 aliphatic heterocycles. The van der Waals surface area contributed by atoms with Crippen molar-refractivity contribution >= 4 is 23.8 Å². The molecule has 0 unspecified atom stereocenters. The summed E-state index contributed by atoms with van der Waals surface area (Å²) in [6, 6.07) is 6.53. The number of hydrogen-bond acceptors (Lipinski definition) is 3. The molecule has 1 rings (SSSR count). The molecule has 78 valence electrons. The molecular formula is C9H13ClN2O2. The number of nitro benzene ring substituents is 1. The first-order chi connectivity index (χ1) is 6.15. The molecule has 0 fully saturated rings. The zero-order chi connectivity index (χ0) is 9.84. The van der Waals surface area contributed by atoms with Gasteiger partial charge in [0.15, 0.2) is 0 Å². The Morgan fingerprint density at radius 1 is 1.36 bits per heavy atom. The molecule has 1 aromatic carbocycles. The van der Waals surface area contributed by atoms with E-state index >= 15 is 0 Å². The number of non-ortho nitro benzene ring substituents is 1. The summed E-state index contributed by atoms with van der Waals surface area (Å²) in [5.74, 6) is 0. The van der Waals surface area contributed by atoms with E-state index < -0.39 is 4.92 Å². The smallest absolute Gasteiger partial charge is 0.269 e. The van der Waals surface area contributed by atoms with E-state index in [1.807, 2.05) is 18.9 Å². The van der Waals surface area contributed by atoms with Crippen molar-refractivity contribution in [3.8, 4) is 0 Å². The second-order valence-electron chi connectivity index (χ2n) is 2.79. The van der Waals surface area contributed by atoms with Crippen LogP contribution >= 0.6 is 12.4 Å². The number of nitrogens with zero attached hydrogens (tertiary/aromatic N) is 2. The van der Waals surface area contributed by atoms with Crippen molar-refractivity contribution in [2.75, 3.05) is 18.5 Å². The zero-order valence-corrected chi connectivity index (χ0v) is 8.95. The van der Waals surface area contributed by atoms with E-state index in [1.165, 1.54) is 12.1 Å². The van der Waals surface area contributed by atoms with Gasteiger partial charge in [0.2, 0.25) is 0 Å². The highest BCUT2D eigenvalue weighted by Crippen LogP contribution is 2.17. The van der Waals surface area contributed by atoms with Crippen molar-refractivity contribution in [3.63, 3.8) is 0 Å². The molecule has 0 atom stereocenters. The largest absolute Gasteiger partial charge is 0.375 e. The lowest BCUT2D eigenvalue weighted by molar-refractivity contribution is -0.384. The van der Waals surface area contributed by atoms with Gasteiger partial charge >= 0.3 is 0 Å². The lowest BCUT2D eigenvalue weighted by atomic mass is 10.2. The third kappa shape index (κ3) is 2.88. The number of hydrogen-bond donors (Lipinski definition) is 0. The molecule has 0 amide bonds. The monoisotopic (exact) mass is 216 g/mol. The van der Waals surface area contributed by atoms with Crippen LogP contribution in [-0.4, -0.2) is 18.5 Å². The van der Waals surface area contributed by atoms with E-state index in [9.17, 15) is 10.1 Å². The first kappa shape index (κ1) is 12.7. The van der Waals surface area contributed by atoms with Gasteiger partial charge in [0.05, 0.1) is 4.92 Å². The van der Waals surface area contributed by atoms with E-state index in [1.54, 1.807) is 12.1 Å². The first-order valence-corrected chi connectivity index (χ1v) is 4.10. The zero-order valence-electron chi connectivity index (χ0n) is 8.14. The van der Waals surface area contributed by atoms with Gasteiger partial charge < -0.3 is 4.90 Å². The Balaban J connectivity index is 0.00000169. The predicted molar refractivity (Wildman–Crippen MR) is 59.3 cm³/mol. The summed E-state index contributed by atoms with van der Waals surface area (Å²) in [6.45, 7) is 2.92. The molecule has 1 aromatic rings. The molecule has 0 bridgehead atoms. The van der Waals surface area contributed by atoms with Crippen molar-refractivity contribution in [2.24, 2.45) is 0 Å². The van der Waals surface area contributed by atoms with E-state index in [4.69, 9.17) is 0 Å². The van der Waals surface area contributed by atoms with Crippen LogP contribution in [0.1, 0.15) is 6.92 Å². The van der Waals surface area contributed by atoms with Crippen LogP contribution in [0.5, 0.6) is 0 Å². The van der Waals surface area contributed by atoms with Gasteiger partial charge in [-0.3, -0.25) is 10.1 Å². The topological polar surface area (TPSA) is 46.4 Å². The van der Waals surface area contributed by atoms with Crippen LogP contribution in [0.2, 0.25) is 0 Å². The Morgan fingerprint density at radius 3 is 2.21 bits per heavy atom. The van der Waals surface area contributed by atoms with Gasteiger partial charge in [0.25, 0.3) is 5.69 Å². The Bertz CT molecular complexity index is 300. The quantitative estimate of drug-likeness (QED) is 0.576. The van der Waals surface area contributed by atoms with Gasteiger partial charge in [-0.1, -0.05) is 0 Å². The summed E-state index contributed by atoms with van der Waals surface area (Å²) in [6.07, 6.45) is 0. The van der Waals surface area contributed by atoms with Crippen LogP contribution in [0.15, 0.2) is 24.3 Å². The summed E-state index contributed by atoms with van der Waals surface area (Å²) in [5.41, 5.74) is 1.13. The highest BCUT2D eigenvalue weighted by atomic mass is 35.5. The highest BCUT2D eigenvalue weighted by Gasteiger charge is 2.04. The molecule has 14 heavy (non-hydrogen) atoms. The maximum atomic E-state index is 10.3. The van der Waals surface area contributed by atoms with Crippen LogP contribution in [0.4, 0.5) is 11.4 Å². The Kier molecular flexibility index (Phi) is 4.94. The third-order valence-electron chi connectivity index (χ3n) is 1.98. The van der Waals surface area contributed by atoms with Gasteiger partial charge in [-0.15, -0.1) is 12.4 Å². The Morgan fingerprint density at radius 2 is 1.86 bits per heavy atom. The minimum absolute atomic E-state index is 0. The van der Waals surface area contributed by atoms with Gasteiger partial charge in [-0.05, 0) is 19.1 Å². The molecule has 0 heterocycles. The van der Waals surface area contributed by atoms with Crippen LogP contribution in [0, 0.1) is 10.1 Å². The first-order valence-electron chi connectivity index (χ1n) is 4.10. The fourth-order valence-corrected chi connectivity index (χ4v) is 1.01. The van der Waals surface area contributed by atoms with Crippen molar-refractivity contribution in [1.29, 1.82) is 0 Å². The predicted octanol–water partition coefficient (Wildman–Crippen LogP) is 2.47. The number of nitro groups is 1. The summed E-state index contributed by atoms with van der Waals surface area (Å²) in [7, 11) is 1.95. The van der Waals surface area contributed by atoms with E-state index in [-0.39, 0.29) is 18.1 Å². The standard InChI is InChI=1S/C9H12N2O2.ClH/c1-3-10(2)8-4-6-9(7-5-8)11(12)13;/h4-7H,3H2,1-2H3;1H. The number of benzene rings is 1. The normalized spacial score (nSPS) is 9.00. The molecule has 0 aromatic heterocycles. The molecule has 0 aliphatic carbocycles. The summed E-state index contributed by atoms with van der Waals surface area (Å²) in [5, 5.41) is 10.3. The molecule has 5 heteroatoms. The molecule has 0 aliphatic rings. The lowest BCUT2D eigenvalue weighted by Gasteiger charge is -2.15. The minimum Gasteiger partial charge on any atom is -0.375 e. The summed E-state index contributed by atoms with van der Waals surface area (Å²) in [4.78, 5) is 12.0. The van der Waals surface area contributed by atoms with Crippen molar-refractivity contribution in [1.82, 2.24) is 0 Å². The van der Waals surface area contributed by atoms with Gasteiger partial charge in [-0.2, -0.15) is 0 Å². The molecule has 0 N–H and O–H groups in total. The van der Waals surface area contributed by atoms with E-state index in [0.717, 1.165) is 12.2 Å². The number of anilines is 1. The lowest BCUT2D eigenvalue weighted by Crippen LogP contribution is -2.15. The SMILES string of the molecule is CCN(C)c1ccc([N+](=O)[O-])cc1.Cl. The van der Waals surface area contributed by atoms with Crippen LogP contribution in [-0.2, 0) is 0 Å². The molecule has 4 nitrogen and oxygen atoms in total. The molecule has 0 radical (unpaired) electrons. The highest BCUT2D eigenvalue weighted by molar-refractivity contribution is 5.85. The van der Waals surface area contributed by atoms with Crippen molar-refractivity contribution < 1.29 is 4.92 Å². The van der Waals surface area contributed by atoms with Crippen LogP contribution in [0.25, 0.3) is 0 Å². The second kappa shape index (κ2) is 5.44. The van der Waals surface area contributed by atoms with Crippen LogP contribution < -0.4 is 4.90 Å². The third-order valence-corrected chi connectivity index (χ3v) is 1.98. The fourth-order valence-electron chi connectivity index (χ4n) is 1.01. The van der Waals surface area contributed by atoms with Crippen molar-refractivity contribution in [3.05, 3.63) is 34.4 Å². The van der Waals surface area contributed by atoms with Gasteiger partial charge in [0, 0.05) is 31.4 Å². The Labute approximate surface area is 89.1 Å². The maximum Gasteiger partial charge on any atom is 0.269 e. The maximum absolute atomic E-state index is 10.3. The Hall–Kier alpha value is -1.29. The summed E-state index contributed by atoms with van der Waals surface area (Å²) < 4.78 is 0. The minimum atomic E-state index is -0.393.